The van der Waals surface area contributed by atoms with Crippen LogP contribution in [0.3, 0.4) is 0 Å². The highest BCUT2D eigenvalue weighted by atomic mass is 32.2. The summed E-state index contributed by atoms with van der Waals surface area (Å²) in [4.78, 5) is 32.6. The zero-order valence-corrected chi connectivity index (χ0v) is 19.5. The standard InChI is InChI=1S/C25H19F2N3O2S2/c26-18-9-3-1-7-16(18)24-29(13-14-33-24)22(31)15-34-25-28-20-11-5-2-8-17(20)23(32)30(25)21-12-6-4-10-19(21)27/h1-12,24H,13-15H2. The molecule has 172 valence electrons. The molecule has 1 aliphatic heterocycles. The van der Waals surface area contributed by atoms with Crippen LogP contribution in [-0.2, 0) is 4.79 Å². The van der Waals surface area contributed by atoms with Gasteiger partial charge in [-0.2, -0.15) is 0 Å². The number of carbonyl (C=O) groups is 1. The summed E-state index contributed by atoms with van der Waals surface area (Å²) in [5.41, 5.74) is 0.597. The van der Waals surface area contributed by atoms with Crippen molar-refractivity contribution in [2.75, 3.05) is 18.1 Å². The normalized spacial score (nSPS) is 15.7. The number of rotatable bonds is 5. The molecule has 1 fully saturated rings. The van der Waals surface area contributed by atoms with Crippen LogP contribution in [0.4, 0.5) is 8.78 Å². The van der Waals surface area contributed by atoms with Gasteiger partial charge in [0.1, 0.15) is 17.0 Å². The molecule has 3 aromatic carbocycles. The van der Waals surface area contributed by atoms with Gasteiger partial charge in [-0.1, -0.05) is 54.2 Å². The lowest BCUT2D eigenvalue weighted by Gasteiger charge is -2.24. The molecule has 4 aromatic rings. The minimum Gasteiger partial charge on any atom is -0.325 e. The molecule has 9 heteroatoms. The monoisotopic (exact) mass is 495 g/mol. The molecule has 1 amide bonds. The Morgan fingerprint density at radius 3 is 2.50 bits per heavy atom. The van der Waals surface area contributed by atoms with Gasteiger partial charge < -0.3 is 4.90 Å². The first-order chi connectivity index (χ1) is 16.5. The summed E-state index contributed by atoms with van der Waals surface area (Å²) in [7, 11) is 0. The maximum atomic E-state index is 14.6. The zero-order chi connectivity index (χ0) is 23.7. The summed E-state index contributed by atoms with van der Waals surface area (Å²) < 4.78 is 30.2. The molecular weight excluding hydrogens is 476 g/mol. The van der Waals surface area contributed by atoms with Crippen LogP contribution in [0.5, 0.6) is 0 Å². The van der Waals surface area contributed by atoms with Crippen LogP contribution < -0.4 is 5.56 Å². The fraction of sp³-hybridized carbons (Fsp3) is 0.160. The number of thioether (sulfide) groups is 2. The Labute approximate surface area is 202 Å². The van der Waals surface area contributed by atoms with Crippen LogP contribution in [-0.4, -0.2) is 38.4 Å². The van der Waals surface area contributed by atoms with Gasteiger partial charge >= 0.3 is 0 Å². The molecule has 1 unspecified atom stereocenters. The number of nitrogens with zero attached hydrogens (tertiary/aromatic N) is 3. The molecular formula is C25H19F2N3O2S2. The summed E-state index contributed by atoms with van der Waals surface area (Å²) in [5, 5.41) is 0.168. The highest BCUT2D eigenvalue weighted by Crippen LogP contribution is 2.39. The number of fused-ring (bicyclic) bond motifs is 1. The van der Waals surface area contributed by atoms with E-state index in [4.69, 9.17) is 0 Å². The van der Waals surface area contributed by atoms with Crippen molar-refractivity contribution in [2.24, 2.45) is 0 Å². The van der Waals surface area contributed by atoms with Crippen LogP contribution in [0.25, 0.3) is 16.6 Å². The molecule has 0 aliphatic carbocycles. The average Bonchev–Trinajstić information content (AvgIpc) is 3.33. The van der Waals surface area contributed by atoms with E-state index in [1.807, 2.05) is 0 Å². The Balaban J connectivity index is 1.48. The molecule has 2 heterocycles. The average molecular weight is 496 g/mol. The summed E-state index contributed by atoms with van der Waals surface area (Å²) in [5.74, 6) is -0.443. The number of para-hydroxylation sites is 2. The van der Waals surface area contributed by atoms with E-state index >= 15 is 0 Å². The third-order valence-electron chi connectivity index (χ3n) is 5.55. The van der Waals surface area contributed by atoms with Gasteiger partial charge in [0.15, 0.2) is 5.16 Å². The first-order valence-electron chi connectivity index (χ1n) is 10.6. The van der Waals surface area contributed by atoms with E-state index in [1.54, 1.807) is 59.5 Å². The van der Waals surface area contributed by atoms with E-state index in [2.05, 4.69) is 4.98 Å². The fourth-order valence-electron chi connectivity index (χ4n) is 3.92. The van der Waals surface area contributed by atoms with Crippen molar-refractivity contribution in [3.8, 4) is 5.69 Å². The third-order valence-corrected chi connectivity index (χ3v) is 7.71. The van der Waals surface area contributed by atoms with Crippen LogP contribution in [0.2, 0.25) is 0 Å². The van der Waals surface area contributed by atoms with Gasteiger partial charge in [0.2, 0.25) is 5.91 Å². The lowest BCUT2D eigenvalue weighted by Crippen LogP contribution is -2.32. The Morgan fingerprint density at radius 1 is 1.00 bits per heavy atom. The van der Waals surface area contributed by atoms with Crippen molar-refractivity contribution in [1.82, 2.24) is 14.5 Å². The first kappa shape index (κ1) is 22.6. The zero-order valence-electron chi connectivity index (χ0n) is 17.9. The first-order valence-corrected chi connectivity index (χ1v) is 12.6. The van der Waals surface area contributed by atoms with Gasteiger partial charge in [-0.3, -0.25) is 14.2 Å². The molecule has 1 aromatic heterocycles. The number of amides is 1. The Hall–Kier alpha value is -3.17. The molecule has 5 nitrogen and oxygen atoms in total. The molecule has 0 saturated carbocycles. The number of carbonyl (C=O) groups excluding carboxylic acids is 1. The summed E-state index contributed by atoms with van der Waals surface area (Å²) in [6.07, 6.45) is 0. The maximum absolute atomic E-state index is 14.6. The molecule has 0 N–H and O–H groups in total. The summed E-state index contributed by atoms with van der Waals surface area (Å²) >= 11 is 2.58. The van der Waals surface area contributed by atoms with Crippen molar-refractivity contribution in [2.45, 2.75) is 10.5 Å². The molecule has 1 saturated heterocycles. The van der Waals surface area contributed by atoms with Crippen LogP contribution in [0.1, 0.15) is 10.9 Å². The Bertz CT molecular complexity index is 1440. The second-order valence-electron chi connectivity index (χ2n) is 7.62. The summed E-state index contributed by atoms with van der Waals surface area (Å²) in [6, 6.07) is 19.2. The summed E-state index contributed by atoms with van der Waals surface area (Å²) in [6.45, 7) is 0.494. The molecule has 0 spiro atoms. The van der Waals surface area contributed by atoms with Crippen molar-refractivity contribution < 1.29 is 13.6 Å². The number of benzene rings is 3. The topological polar surface area (TPSA) is 55.2 Å². The van der Waals surface area contributed by atoms with Crippen molar-refractivity contribution in [3.63, 3.8) is 0 Å². The SMILES string of the molecule is O=C(CSc1nc2ccccc2c(=O)n1-c1ccccc1F)N1CCSC1c1ccccc1F. The highest BCUT2D eigenvalue weighted by molar-refractivity contribution is 8.00. The van der Waals surface area contributed by atoms with E-state index in [9.17, 15) is 18.4 Å². The smallest absolute Gasteiger partial charge is 0.266 e. The molecule has 5 rings (SSSR count). The van der Waals surface area contributed by atoms with Gasteiger partial charge in [0, 0.05) is 17.9 Å². The molecule has 0 bridgehead atoms. The second-order valence-corrected chi connectivity index (χ2v) is 9.75. The van der Waals surface area contributed by atoms with Gasteiger partial charge in [-0.05, 0) is 30.3 Å². The lowest BCUT2D eigenvalue weighted by molar-refractivity contribution is -0.128. The highest BCUT2D eigenvalue weighted by Gasteiger charge is 2.32. The predicted molar refractivity (Wildman–Crippen MR) is 131 cm³/mol. The minimum atomic E-state index is -0.564. The van der Waals surface area contributed by atoms with Crippen molar-refractivity contribution in [3.05, 3.63) is 100 Å². The number of halogens is 2. The van der Waals surface area contributed by atoms with Crippen molar-refractivity contribution in [1.29, 1.82) is 0 Å². The molecule has 1 atom stereocenters. The van der Waals surface area contributed by atoms with E-state index in [0.717, 1.165) is 11.8 Å². The van der Waals surface area contributed by atoms with E-state index < -0.39 is 16.8 Å². The van der Waals surface area contributed by atoms with Crippen LogP contribution in [0, 0.1) is 11.6 Å². The van der Waals surface area contributed by atoms with Crippen LogP contribution >= 0.6 is 23.5 Å². The minimum absolute atomic E-state index is 0.0231. The fourth-order valence-corrected chi connectivity index (χ4v) is 6.11. The van der Waals surface area contributed by atoms with Crippen LogP contribution in [0.15, 0.2) is 82.7 Å². The maximum Gasteiger partial charge on any atom is 0.266 e. The molecule has 34 heavy (non-hydrogen) atoms. The number of hydrogen-bond acceptors (Lipinski definition) is 5. The molecule has 0 radical (unpaired) electrons. The lowest BCUT2D eigenvalue weighted by atomic mass is 10.2. The van der Waals surface area contributed by atoms with Gasteiger partial charge in [0.05, 0.1) is 22.3 Å². The Morgan fingerprint density at radius 2 is 1.71 bits per heavy atom. The van der Waals surface area contributed by atoms with E-state index in [0.29, 0.717) is 28.8 Å². The molecule has 1 aliphatic rings. The quantitative estimate of drug-likeness (QED) is 0.287. The Kier molecular flexibility index (Phi) is 6.38. The van der Waals surface area contributed by atoms with Gasteiger partial charge in [-0.25, -0.2) is 13.8 Å². The van der Waals surface area contributed by atoms with Gasteiger partial charge in [0.25, 0.3) is 5.56 Å². The second kappa shape index (κ2) is 9.60. The predicted octanol–water partition coefficient (Wildman–Crippen LogP) is 5.03. The van der Waals surface area contributed by atoms with Gasteiger partial charge in [-0.15, -0.1) is 11.8 Å². The van der Waals surface area contributed by atoms with E-state index in [1.165, 1.54) is 34.5 Å². The third kappa shape index (κ3) is 4.21. The number of aromatic nitrogens is 2. The largest absolute Gasteiger partial charge is 0.325 e. The van der Waals surface area contributed by atoms with Crippen molar-refractivity contribution >= 4 is 40.3 Å². The number of hydrogen-bond donors (Lipinski definition) is 0. The van der Waals surface area contributed by atoms with E-state index in [-0.39, 0.29) is 28.3 Å².